The largest absolute Gasteiger partial charge is 0.495 e. The van der Waals surface area contributed by atoms with Gasteiger partial charge in [-0.1, -0.05) is 32.9 Å². The molecule has 192 valence electrons. The molecule has 1 aliphatic heterocycles. The van der Waals surface area contributed by atoms with Crippen LogP contribution in [0.5, 0.6) is 5.75 Å². The highest BCUT2D eigenvalue weighted by Crippen LogP contribution is 2.42. The summed E-state index contributed by atoms with van der Waals surface area (Å²) in [5, 5.41) is 0.768. The third kappa shape index (κ3) is 4.88. The average molecular weight is 509 g/mol. The predicted molar refractivity (Wildman–Crippen MR) is 145 cm³/mol. The highest BCUT2D eigenvalue weighted by molar-refractivity contribution is 7.18. The molecule has 3 aromatic rings. The van der Waals surface area contributed by atoms with Crippen LogP contribution in [0.3, 0.4) is 0 Å². The minimum atomic E-state index is -0.0559. The summed E-state index contributed by atoms with van der Waals surface area (Å²) in [6, 6.07) is 7.99. The van der Waals surface area contributed by atoms with E-state index in [1.807, 2.05) is 23.1 Å². The summed E-state index contributed by atoms with van der Waals surface area (Å²) in [4.78, 5) is 40.0. The molecule has 1 N–H and O–H groups in total. The number of benzene rings is 1. The smallest absolute Gasteiger partial charge is 0.259 e. The number of fused-ring (bicyclic) bond motifs is 3. The van der Waals surface area contributed by atoms with E-state index in [1.165, 1.54) is 10.4 Å². The second-order valence-electron chi connectivity index (χ2n) is 11.0. The molecule has 1 saturated heterocycles. The molecule has 2 aromatic heterocycles. The van der Waals surface area contributed by atoms with Crippen molar-refractivity contribution in [1.29, 1.82) is 0 Å². The molecular weight excluding hydrogens is 472 g/mol. The van der Waals surface area contributed by atoms with E-state index in [4.69, 9.17) is 9.72 Å². The number of anilines is 1. The zero-order chi connectivity index (χ0) is 25.4. The maximum absolute atomic E-state index is 13.0. The standard InChI is InChI=1S/C28H36N4O3S/c1-28(2,3)18-9-10-19-22(17-18)36-27-25(19)26(34)29-23(30-27)11-12-24(33)32-15-13-31(14-16-32)20-7-5-6-8-21(20)35-4/h5-8,18H,9-17H2,1-4H3,(H,29,30,34). The fraction of sp³-hybridized carbons (Fsp3) is 0.536. The molecule has 1 atom stereocenters. The lowest BCUT2D eigenvalue weighted by Gasteiger charge is -2.36. The highest BCUT2D eigenvalue weighted by Gasteiger charge is 2.32. The monoisotopic (exact) mass is 508 g/mol. The maximum Gasteiger partial charge on any atom is 0.259 e. The Morgan fingerprint density at radius 2 is 1.94 bits per heavy atom. The van der Waals surface area contributed by atoms with E-state index in [2.05, 4.69) is 36.7 Å². The number of aryl methyl sites for hydroxylation is 2. The molecule has 1 aliphatic carbocycles. The molecule has 5 rings (SSSR count). The molecule has 1 amide bonds. The van der Waals surface area contributed by atoms with Crippen LogP contribution in [0.2, 0.25) is 0 Å². The number of nitrogens with one attached hydrogen (secondary N) is 1. The third-order valence-electron chi connectivity index (χ3n) is 7.83. The number of H-pyrrole nitrogens is 1. The Bertz CT molecular complexity index is 1310. The molecule has 0 radical (unpaired) electrons. The Hall–Kier alpha value is -2.87. The van der Waals surface area contributed by atoms with E-state index >= 15 is 0 Å². The van der Waals surface area contributed by atoms with Crippen LogP contribution < -0.4 is 15.2 Å². The number of thiophene rings is 1. The number of para-hydroxylation sites is 2. The van der Waals surface area contributed by atoms with Gasteiger partial charge in [-0.2, -0.15) is 0 Å². The van der Waals surface area contributed by atoms with Crippen molar-refractivity contribution in [2.75, 3.05) is 38.2 Å². The molecule has 2 aliphatic rings. The third-order valence-corrected chi connectivity index (χ3v) is 8.97. The highest BCUT2D eigenvalue weighted by atomic mass is 32.1. The quantitative estimate of drug-likeness (QED) is 0.552. The Balaban J connectivity index is 1.22. The van der Waals surface area contributed by atoms with E-state index in [1.54, 1.807) is 18.4 Å². The molecule has 1 aromatic carbocycles. The van der Waals surface area contributed by atoms with Crippen LogP contribution in [0.25, 0.3) is 10.2 Å². The molecule has 0 saturated carbocycles. The summed E-state index contributed by atoms with van der Waals surface area (Å²) in [6.07, 6.45) is 3.88. The molecule has 1 fully saturated rings. The van der Waals surface area contributed by atoms with Gasteiger partial charge in [-0.15, -0.1) is 11.3 Å². The number of amides is 1. The molecule has 36 heavy (non-hydrogen) atoms. The van der Waals surface area contributed by atoms with E-state index < -0.39 is 0 Å². The number of carbonyl (C=O) groups is 1. The van der Waals surface area contributed by atoms with Crippen LogP contribution >= 0.6 is 11.3 Å². The summed E-state index contributed by atoms with van der Waals surface area (Å²) in [5.74, 6) is 2.19. The lowest BCUT2D eigenvalue weighted by Crippen LogP contribution is -2.49. The van der Waals surface area contributed by atoms with Gasteiger partial charge in [0.25, 0.3) is 5.56 Å². The zero-order valence-corrected chi connectivity index (χ0v) is 22.5. The second kappa shape index (κ2) is 9.88. The van der Waals surface area contributed by atoms with Crippen molar-refractivity contribution < 1.29 is 9.53 Å². The Morgan fingerprint density at radius 3 is 2.67 bits per heavy atom. The minimum absolute atomic E-state index is 0.0559. The first-order chi connectivity index (χ1) is 17.2. The van der Waals surface area contributed by atoms with Gasteiger partial charge >= 0.3 is 0 Å². The van der Waals surface area contributed by atoms with Gasteiger partial charge < -0.3 is 19.5 Å². The molecule has 0 bridgehead atoms. The summed E-state index contributed by atoms with van der Waals surface area (Å²) >= 11 is 1.67. The van der Waals surface area contributed by atoms with E-state index in [0.717, 1.165) is 54.0 Å². The van der Waals surface area contributed by atoms with E-state index in [0.29, 0.717) is 37.7 Å². The van der Waals surface area contributed by atoms with E-state index in [9.17, 15) is 9.59 Å². The number of rotatable bonds is 5. The summed E-state index contributed by atoms with van der Waals surface area (Å²) in [7, 11) is 1.68. The fourth-order valence-corrected chi connectivity index (χ4v) is 6.88. The van der Waals surface area contributed by atoms with E-state index in [-0.39, 0.29) is 16.9 Å². The molecular formula is C28H36N4O3S. The molecule has 1 unspecified atom stereocenters. The van der Waals surface area contributed by atoms with Gasteiger partial charge in [0.15, 0.2) is 0 Å². The predicted octanol–water partition coefficient (Wildman–Crippen LogP) is 4.43. The van der Waals surface area contributed by atoms with Crippen LogP contribution in [0.4, 0.5) is 5.69 Å². The Morgan fingerprint density at radius 1 is 1.19 bits per heavy atom. The number of hydrogen-bond acceptors (Lipinski definition) is 6. The zero-order valence-electron chi connectivity index (χ0n) is 21.7. The molecule has 0 spiro atoms. The summed E-state index contributed by atoms with van der Waals surface area (Å²) in [6.45, 7) is 9.78. The number of aromatic nitrogens is 2. The second-order valence-corrected chi connectivity index (χ2v) is 12.1. The average Bonchev–Trinajstić information content (AvgIpc) is 3.25. The number of piperazine rings is 1. The van der Waals surface area contributed by atoms with Crippen molar-refractivity contribution in [3.8, 4) is 5.75 Å². The number of carbonyl (C=O) groups excluding carboxylic acids is 1. The molecule has 8 heteroatoms. The lowest BCUT2D eigenvalue weighted by atomic mass is 9.72. The summed E-state index contributed by atoms with van der Waals surface area (Å²) < 4.78 is 5.49. The van der Waals surface area contributed by atoms with Crippen molar-refractivity contribution in [3.63, 3.8) is 0 Å². The van der Waals surface area contributed by atoms with Crippen LogP contribution in [0.1, 0.15) is 49.9 Å². The van der Waals surface area contributed by atoms with Crippen LogP contribution in [-0.4, -0.2) is 54.1 Å². The first kappa shape index (κ1) is 24.8. The van der Waals surface area contributed by atoms with Crippen molar-refractivity contribution in [2.24, 2.45) is 11.3 Å². The van der Waals surface area contributed by atoms with Crippen molar-refractivity contribution in [3.05, 3.63) is 50.9 Å². The van der Waals surface area contributed by atoms with Crippen LogP contribution in [-0.2, 0) is 24.1 Å². The topological polar surface area (TPSA) is 78.5 Å². The number of nitrogens with zero attached hydrogens (tertiary/aromatic N) is 3. The van der Waals surface area contributed by atoms with Crippen molar-refractivity contribution in [1.82, 2.24) is 14.9 Å². The minimum Gasteiger partial charge on any atom is -0.495 e. The van der Waals surface area contributed by atoms with Crippen molar-refractivity contribution in [2.45, 2.75) is 52.9 Å². The maximum atomic E-state index is 13.0. The number of ether oxygens (including phenoxy) is 1. The van der Waals surface area contributed by atoms with Gasteiger partial charge in [-0.05, 0) is 48.3 Å². The van der Waals surface area contributed by atoms with Gasteiger partial charge in [-0.3, -0.25) is 9.59 Å². The van der Waals surface area contributed by atoms with Gasteiger partial charge in [0.05, 0.1) is 18.2 Å². The first-order valence-corrected chi connectivity index (χ1v) is 13.8. The SMILES string of the molecule is COc1ccccc1N1CCN(C(=O)CCc2nc3sc4c(c3c(=O)[nH]2)CCC(C(C)(C)C)C4)CC1. The normalized spacial score (nSPS) is 18.4. The van der Waals surface area contributed by atoms with Crippen molar-refractivity contribution >= 4 is 33.1 Å². The van der Waals surface area contributed by atoms with Gasteiger partial charge in [-0.25, -0.2) is 4.98 Å². The Kier molecular flexibility index (Phi) is 6.81. The van der Waals surface area contributed by atoms with Gasteiger partial charge in [0.1, 0.15) is 16.4 Å². The number of methoxy groups -OCH3 is 1. The lowest BCUT2D eigenvalue weighted by molar-refractivity contribution is -0.131. The molecule has 3 heterocycles. The van der Waals surface area contributed by atoms with Gasteiger partial charge in [0, 0.05) is 43.9 Å². The van der Waals surface area contributed by atoms with Gasteiger partial charge in [0.2, 0.25) is 5.91 Å². The Labute approximate surface area is 216 Å². The number of aromatic amines is 1. The van der Waals surface area contributed by atoms with Crippen LogP contribution in [0, 0.1) is 11.3 Å². The summed E-state index contributed by atoms with van der Waals surface area (Å²) in [5.41, 5.74) is 2.46. The van der Waals surface area contributed by atoms with Crippen LogP contribution in [0.15, 0.2) is 29.1 Å². The fourth-order valence-electron chi connectivity index (χ4n) is 5.56. The number of hydrogen-bond donors (Lipinski definition) is 1. The molecule has 7 nitrogen and oxygen atoms in total. The first-order valence-electron chi connectivity index (χ1n) is 12.9.